The topological polar surface area (TPSA) is 51.1 Å². The van der Waals surface area contributed by atoms with Crippen LogP contribution in [-0.2, 0) is 6.18 Å². The summed E-state index contributed by atoms with van der Waals surface area (Å²) in [5.41, 5.74) is -0.0912. The number of ether oxygens (including phenoxy) is 1. The van der Waals surface area contributed by atoms with Gasteiger partial charge in [-0.15, -0.1) is 0 Å². The molecular weight excluding hydrogens is 321 g/mol. The molecule has 0 atom stereocenters. The zero-order valence-electron chi connectivity index (χ0n) is 13.1. The number of pyridine rings is 1. The van der Waals surface area contributed by atoms with Crippen molar-refractivity contribution >= 4 is 5.82 Å². The van der Waals surface area contributed by atoms with E-state index in [9.17, 15) is 13.2 Å². The summed E-state index contributed by atoms with van der Waals surface area (Å²) in [7, 11) is 0. The summed E-state index contributed by atoms with van der Waals surface area (Å²) < 4.78 is 44.1. The van der Waals surface area contributed by atoms with Crippen molar-refractivity contribution in [1.82, 2.24) is 15.0 Å². The number of piperidine rings is 1. The smallest absolute Gasteiger partial charge is 0.433 e. The van der Waals surface area contributed by atoms with Gasteiger partial charge in [-0.25, -0.2) is 9.97 Å². The number of halogens is 3. The average molecular weight is 338 g/mol. The van der Waals surface area contributed by atoms with Crippen molar-refractivity contribution < 1.29 is 17.9 Å². The van der Waals surface area contributed by atoms with Gasteiger partial charge in [0.25, 0.3) is 0 Å². The lowest BCUT2D eigenvalue weighted by atomic mass is 10.1. The van der Waals surface area contributed by atoms with Crippen molar-refractivity contribution in [3.8, 4) is 5.88 Å². The summed E-state index contributed by atoms with van der Waals surface area (Å²) in [6, 6.07) is 3.97. The molecule has 24 heavy (non-hydrogen) atoms. The maximum atomic E-state index is 12.8. The molecule has 8 heteroatoms. The number of aryl methyl sites for hydroxylation is 1. The molecule has 0 bridgehead atoms. The third-order valence-corrected chi connectivity index (χ3v) is 3.81. The first-order chi connectivity index (χ1) is 11.4. The van der Waals surface area contributed by atoms with Gasteiger partial charge in [-0.1, -0.05) is 6.07 Å². The Kier molecular flexibility index (Phi) is 4.55. The van der Waals surface area contributed by atoms with Crippen LogP contribution < -0.4 is 9.64 Å². The van der Waals surface area contributed by atoms with E-state index in [2.05, 4.69) is 15.0 Å². The fraction of sp³-hybridized carbons (Fsp3) is 0.438. The van der Waals surface area contributed by atoms with Crippen molar-refractivity contribution in [3.05, 3.63) is 42.0 Å². The molecule has 1 saturated heterocycles. The molecule has 3 heterocycles. The Hall–Kier alpha value is -2.38. The highest BCUT2D eigenvalue weighted by molar-refractivity contribution is 5.40. The Labute approximate surface area is 137 Å². The van der Waals surface area contributed by atoms with Crippen molar-refractivity contribution in [1.29, 1.82) is 0 Å². The molecule has 0 unspecified atom stereocenters. The van der Waals surface area contributed by atoms with Crippen LogP contribution in [-0.4, -0.2) is 34.1 Å². The monoisotopic (exact) mass is 338 g/mol. The van der Waals surface area contributed by atoms with Crippen LogP contribution >= 0.6 is 0 Å². The van der Waals surface area contributed by atoms with E-state index in [0.717, 1.165) is 11.8 Å². The van der Waals surface area contributed by atoms with Gasteiger partial charge in [0, 0.05) is 32.1 Å². The summed E-state index contributed by atoms with van der Waals surface area (Å²) in [4.78, 5) is 13.8. The van der Waals surface area contributed by atoms with Crippen molar-refractivity contribution in [3.63, 3.8) is 0 Å². The largest absolute Gasteiger partial charge is 0.473 e. The molecule has 0 amide bonds. The highest BCUT2D eigenvalue weighted by atomic mass is 19.4. The number of anilines is 1. The Bertz CT molecular complexity index is 700. The molecule has 1 aliphatic heterocycles. The Balaban J connectivity index is 1.61. The minimum absolute atomic E-state index is 0.0249. The van der Waals surface area contributed by atoms with Gasteiger partial charge in [-0.3, -0.25) is 4.98 Å². The molecule has 128 valence electrons. The molecule has 0 aliphatic carbocycles. The third kappa shape index (κ3) is 3.93. The molecule has 2 aromatic rings. The van der Waals surface area contributed by atoms with Crippen LogP contribution in [0.2, 0.25) is 0 Å². The number of alkyl halides is 3. The van der Waals surface area contributed by atoms with Crippen LogP contribution in [0.25, 0.3) is 0 Å². The lowest BCUT2D eigenvalue weighted by Gasteiger charge is -2.32. The van der Waals surface area contributed by atoms with Gasteiger partial charge in [0.05, 0.1) is 11.9 Å². The summed E-state index contributed by atoms with van der Waals surface area (Å²) in [5.74, 6) is 0.823. The molecule has 0 spiro atoms. The number of aromatic nitrogens is 3. The highest BCUT2D eigenvalue weighted by Gasteiger charge is 2.33. The van der Waals surface area contributed by atoms with E-state index in [1.165, 1.54) is 6.07 Å². The van der Waals surface area contributed by atoms with Crippen molar-refractivity contribution in [2.45, 2.75) is 32.0 Å². The molecule has 0 N–H and O–H groups in total. The van der Waals surface area contributed by atoms with Crippen LogP contribution in [0.5, 0.6) is 5.88 Å². The lowest BCUT2D eigenvalue weighted by molar-refractivity contribution is -0.141. The number of nitrogens with zero attached hydrogens (tertiary/aromatic N) is 4. The number of hydrogen-bond acceptors (Lipinski definition) is 5. The van der Waals surface area contributed by atoms with Gasteiger partial charge >= 0.3 is 6.18 Å². The fourth-order valence-electron chi connectivity index (χ4n) is 2.63. The molecule has 0 aromatic carbocycles. The quantitative estimate of drug-likeness (QED) is 0.860. The van der Waals surface area contributed by atoms with E-state index in [-0.39, 0.29) is 6.10 Å². The molecule has 0 radical (unpaired) electrons. The standard InChI is InChI=1S/C16H17F3N4O/c1-11-9-20-10-15(21-11)24-12-5-7-23(8-6-12)14-4-2-3-13(22-14)16(17,18)19/h2-4,9-10,12H,5-8H2,1H3. The Morgan fingerprint density at radius 2 is 1.88 bits per heavy atom. The minimum Gasteiger partial charge on any atom is -0.473 e. The van der Waals surface area contributed by atoms with E-state index in [1.54, 1.807) is 18.5 Å². The first-order valence-electron chi connectivity index (χ1n) is 7.66. The van der Waals surface area contributed by atoms with E-state index in [1.807, 2.05) is 11.8 Å². The van der Waals surface area contributed by atoms with E-state index in [0.29, 0.717) is 37.6 Å². The second-order valence-electron chi connectivity index (χ2n) is 5.68. The maximum absolute atomic E-state index is 12.8. The SMILES string of the molecule is Cc1cncc(OC2CCN(c3cccc(C(F)(F)F)n3)CC2)n1. The maximum Gasteiger partial charge on any atom is 0.433 e. The predicted octanol–water partition coefficient (Wildman–Crippen LogP) is 3.25. The molecule has 0 saturated carbocycles. The fourth-order valence-corrected chi connectivity index (χ4v) is 2.63. The van der Waals surface area contributed by atoms with E-state index < -0.39 is 11.9 Å². The van der Waals surface area contributed by atoms with Crippen LogP contribution in [0.3, 0.4) is 0 Å². The lowest BCUT2D eigenvalue weighted by Crippen LogP contribution is -2.39. The van der Waals surface area contributed by atoms with Crippen LogP contribution in [0.1, 0.15) is 24.2 Å². The zero-order chi connectivity index (χ0) is 17.2. The van der Waals surface area contributed by atoms with Crippen LogP contribution in [0.15, 0.2) is 30.6 Å². The van der Waals surface area contributed by atoms with Gasteiger partial charge in [-0.05, 0) is 19.1 Å². The van der Waals surface area contributed by atoms with Crippen molar-refractivity contribution in [2.75, 3.05) is 18.0 Å². The normalized spacial score (nSPS) is 16.2. The summed E-state index contributed by atoms with van der Waals surface area (Å²) in [5, 5.41) is 0. The Morgan fingerprint density at radius 3 is 2.54 bits per heavy atom. The molecule has 5 nitrogen and oxygen atoms in total. The summed E-state index contributed by atoms with van der Waals surface area (Å²) >= 11 is 0. The van der Waals surface area contributed by atoms with Crippen LogP contribution in [0.4, 0.5) is 19.0 Å². The van der Waals surface area contributed by atoms with E-state index in [4.69, 9.17) is 4.74 Å². The van der Waals surface area contributed by atoms with Gasteiger partial charge in [-0.2, -0.15) is 13.2 Å². The molecule has 3 rings (SSSR count). The second-order valence-corrected chi connectivity index (χ2v) is 5.68. The average Bonchev–Trinajstić information content (AvgIpc) is 2.55. The van der Waals surface area contributed by atoms with Crippen LogP contribution in [0, 0.1) is 6.92 Å². The molecule has 1 fully saturated rings. The second kappa shape index (κ2) is 6.62. The molecular formula is C16H17F3N4O. The Morgan fingerprint density at radius 1 is 1.12 bits per heavy atom. The third-order valence-electron chi connectivity index (χ3n) is 3.81. The highest BCUT2D eigenvalue weighted by Crippen LogP contribution is 2.29. The van der Waals surface area contributed by atoms with Gasteiger partial charge in [0.2, 0.25) is 5.88 Å². The predicted molar refractivity (Wildman–Crippen MR) is 81.9 cm³/mol. The van der Waals surface area contributed by atoms with Gasteiger partial charge < -0.3 is 9.64 Å². The first-order valence-corrected chi connectivity index (χ1v) is 7.66. The summed E-state index contributed by atoms with van der Waals surface area (Å²) in [6.07, 6.45) is 0.133. The van der Waals surface area contributed by atoms with Gasteiger partial charge in [0.15, 0.2) is 0 Å². The number of rotatable bonds is 3. The molecule has 2 aromatic heterocycles. The van der Waals surface area contributed by atoms with E-state index >= 15 is 0 Å². The first kappa shape index (κ1) is 16.5. The van der Waals surface area contributed by atoms with Crippen molar-refractivity contribution in [2.24, 2.45) is 0 Å². The molecule has 1 aliphatic rings. The minimum atomic E-state index is -4.43. The summed E-state index contributed by atoms with van der Waals surface area (Å²) in [6.45, 7) is 3.00. The number of hydrogen-bond donors (Lipinski definition) is 0. The zero-order valence-corrected chi connectivity index (χ0v) is 13.1. The van der Waals surface area contributed by atoms with Gasteiger partial charge in [0.1, 0.15) is 17.6 Å².